The first kappa shape index (κ1) is 15.8. The van der Waals surface area contributed by atoms with Gasteiger partial charge in [-0.1, -0.05) is 30.3 Å². The summed E-state index contributed by atoms with van der Waals surface area (Å²) < 4.78 is 7.49. The van der Waals surface area contributed by atoms with Gasteiger partial charge in [0.1, 0.15) is 12.1 Å². The Morgan fingerprint density at radius 2 is 2.04 bits per heavy atom. The van der Waals surface area contributed by atoms with Crippen molar-refractivity contribution >= 4 is 0 Å². The fraction of sp³-hybridized carbons (Fsp3) is 0.316. The molecular weight excluding hydrogens is 314 g/mol. The molecule has 6 heteroatoms. The molecule has 0 aliphatic carbocycles. The standard InChI is InChI=1S/C19H21N5O/c1-13(15-6-5-7-16(10-15)24-12-20-22-23-24)21-14(2)18-11-25-19-9-4-3-8-17(18)19/h3-10,12-14,18,21H,11H2,1-2H3/t13-,14-,18-/m0/s1. The molecule has 3 aromatic rings. The van der Waals surface area contributed by atoms with Crippen LogP contribution in [0.1, 0.15) is 36.9 Å². The first-order valence-corrected chi connectivity index (χ1v) is 8.53. The molecule has 0 fully saturated rings. The van der Waals surface area contributed by atoms with Gasteiger partial charge >= 0.3 is 0 Å². The van der Waals surface area contributed by atoms with Crippen LogP contribution in [0, 0.1) is 0 Å². The van der Waals surface area contributed by atoms with Crippen LogP contribution in [0.15, 0.2) is 54.9 Å². The van der Waals surface area contributed by atoms with E-state index in [1.165, 1.54) is 11.1 Å². The number of benzene rings is 2. The number of tetrazole rings is 1. The highest BCUT2D eigenvalue weighted by molar-refractivity contribution is 5.41. The molecule has 0 unspecified atom stereocenters. The zero-order valence-electron chi connectivity index (χ0n) is 14.3. The first-order chi connectivity index (χ1) is 12.2. The SMILES string of the molecule is C[C@H](N[C@@H](C)[C@@H]1COc2ccccc21)c1cccc(-n2cnnn2)c1. The highest BCUT2D eigenvalue weighted by atomic mass is 16.5. The number of rotatable bonds is 5. The molecule has 0 radical (unpaired) electrons. The van der Waals surface area contributed by atoms with Crippen molar-refractivity contribution in [3.63, 3.8) is 0 Å². The smallest absolute Gasteiger partial charge is 0.143 e. The van der Waals surface area contributed by atoms with Crippen LogP contribution in [0.3, 0.4) is 0 Å². The Kier molecular flexibility index (Phi) is 4.19. The summed E-state index contributed by atoms with van der Waals surface area (Å²) in [6, 6.07) is 17.1. The van der Waals surface area contributed by atoms with E-state index in [9.17, 15) is 0 Å². The molecule has 3 atom stereocenters. The molecule has 6 nitrogen and oxygen atoms in total. The minimum absolute atomic E-state index is 0.208. The van der Waals surface area contributed by atoms with Crippen molar-refractivity contribution in [2.24, 2.45) is 0 Å². The van der Waals surface area contributed by atoms with E-state index in [-0.39, 0.29) is 6.04 Å². The van der Waals surface area contributed by atoms with Gasteiger partial charge in [-0.15, -0.1) is 5.10 Å². The maximum atomic E-state index is 5.82. The van der Waals surface area contributed by atoms with Gasteiger partial charge in [0, 0.05) is 23.6 Å². The van der Waals surface area contributed by atoms with Crippen LogP contribution in [-0.4, -0.2) is 32.9 Å². The summed E-state index contributed by atoms with van der Waals surface area (Å²) in [4.78, 5) is 0. The maximum absolute atomic E-state index is 5.82. The van der Waals surface area contributed by atoms with Gasteiger partial charge in [0.25, 0.3) is 0 Å². The molecule has 2 heterocycles. The highest BCUT2D eigenvalue weighted by Crippen LogP contribution is 2.36. The predicted octanol–water partition coefficient (Wildman–Crippen LogP) is 2.88. The molecule has 2 aromatic carbocycles. The fourth-order valence-corrected chi connectivity index (χ4v) is 3.42. The molecule has 0 bridgehead atoms. The van der Waals surface area contributed by atoms with E-state index in [4.69, 9.17) is 4.74 Å². The third-order valence-corrected chi connectivity index (χ3v) is 4.84. The van der Waals surface area contributed by atoms with E-state index in [2.05, 4.69) is 59.0 Å². The molecule has 1 aromatic heterocycles. The third-order valence-electron chi connectivity index (χ3n) is 4.84. The van der Waals surface area contributed by atoms with Gasteiger partial charge in [-0.25, -0.2) is 4.68 Å². The Bertz CT molecular complexity index is 849. The topological polar surface area (TPSA) is 64.9 Å². The van der Waals surface area contributed by atoms with E-state index >= 15 is 0 Å². The molecule has 0 saturated heterocycles. The summed E-state index contributed by atoms with van der Waals surface area (Å²) in [5.41, 5.74) is 3.45. The van der Waals surface area contributed by atoms with Gasteiger partial charge < -0.3 is 10.1 Å². The number of hydrogen-bond donors (Lipinski definition) is 1. The average molecular weight is 335 g/mol. The molecule has 1 N–H and O–H groups in total. The Morgan fingerprint density at radius 3 is 2.88 bits per heavy atom. The van der Waals surface area contributed by atoms with Crippen LogP contribution in [0.4, 0.5) is 0 Å². The van der Waals surface area contributed by atoms with Gasteiger partial charge in [-0.3, -0.25) is 0 Å². The number of para-hydroxylation sites is 1. The van der Waals surface area contributed by atoms with Crippen molar-refractivity contribution in [2.75, 3.05) is 6.61 Å². The van der Waals surface area contributed by atoms with Crippen molar-refractivity contribution in [2.45, 2.75) is 31.8 Å². The summed E-state index contributed by atoms with van der Waals surface area (Å²) in [6.07, 6.45) is 1.60. The van der Waals surface area contributed by atoms with E-state index in [0.29, 0.717) is 12.0 Å². The minimum Gasteiger partial charge on any atom is -0.493 e. The second kappa shape index (κ2) is 6.64. The Labute approximate surface area is 146 Å². The van der Waals surface area contributed by atoms with Crippen molar-refractivity contribution in [3.05, 3.63) is 66.0 Å². The number of nitrogens with zero attached hydrogens (tertiary/aromatic N) is 4. The molecule has 1 aliphatic rings. The normalized spacial score (nSPS) is 18.4. The third kappa shape index (κ3) is 3.13. The lowest BCUT2D eigenvalue weighted by atomic mass is 9.93. The number of aromatic nitrogens is 4. The number of ether oxygens (including phenoxy) is 1. The van der Waals surface area contributed by atoms with Crippen LogP contribution in [0.25, 0.3) is 5.69 Å². The molecular formula is C19H21N5O. The quantitative estimate of drug-likeness (QED) is 0.777. The fourth-order valence-electron chi connectivity index (χ4n) is 3.42. The van der Waals surface area contributed by atoms with Crippen LogP contribution in [0.5, 0.6) is 5.75 Å². The van der Waals surface area contributed by atoms with Crippen molar-refractivity contribution in [1.29, 1.82) is 0 Å². The van der Waals surface area contributed by atoms with Crippen molar-refractivity contribution in [3.8, 4) is 11.4 Å². The Hall–Kier alpha value is -2.73. The van der Waals surface area contributed by atoms with Crippen molar-refractivity contribution in [1.82, 2.24) is 25.5 Å². The van der Waals surface area contributed by atoms with E-state index < -0.39 is 0 Å². The lowest BCUT2D eigenvalue weighted by Gasteiger charge is -2.25. The summed E-state index contributed by atoms with van der Waals surface area (Å²) in [6.45, 7) is 5.12. The molecule has 1 aliphatic heterocycles. The maximum Gasteiger partial charge on any atom is 0.143 e. The van der Waals surface area contributed by atoms with Crippen LogP contribution in [-0.2, 0) is 0 Å². The first-order valence-electron chi connectivity index (χ1n) is 8.53. The minimum atomic E-state index is 0.208. The van der Waals surface area contributed by atoms with Crippen LogP contribution in [0.2, 0.25) is 0 Å². The largest absolute Gasteiger partial charge is 0.493 e. The number of fused-ring (bicyclic) bond motifs is 1. The van der Waals surface area contributed by atoms with Crippen LogP contribution < -0.4 is 10.1 Å². The second-order valence-electron chi connectivity index (χ2n) is 6.48. The molecule has 4 rings (SSSR count). The van der Waals surface area contributed by atoms with E-state index in [1.807, 2.05) is 24.3 Å². The summed E-state index contributed by atoms with van der Waals surface area (Å²) in [7, 11) is 0. The van der Waals surface area contributed by atoms with Gasteiger partial charge in [0.05, 0.1) is 12.3 Å². The molecule has 0 amide bonds. The molecule has 0 spiro atoms. The summed E-state index contributed by atoms with van der Waals surface area (Å²) >= 11 is 0. The van der Waals surface area contributed by atoms with E-state index in [1.54, 1.807) is 11.0 Å². The summed E-state index contributed by atoms with van der Waals surface area (Å²) in [5, 5.41) is 15.1. The lowest BCUT2D eigenvalue weighted by molar-refractivity contribution is 0.297. The number of hydrogen-bond acceptors (Lipinski definition) is 5. The monoisotopic (exact) mass is 335 g/mol. The lowest BCUT2D eigenvalue weighted by Crippen LogP contribution is -2.35. The highest BCUT2D eigenvalue weighted by Gasteiger charge is 2.29. The van der Waals surface area contributed by atoms with Gasteiger partial charge in [0.2, 0.25) is 0 Å². The Morgan fingerprint density at radius 1 is 1.16 bits per heavy atom. The molecule has 0 saturated carbocycles. The zero-order chi connectivity index (χ0) is 17.2. The zero-order valence-corrected chi connectivity index (χ0v) is 14.3. The van der Waals surface area contributed by atoms with Gasteiger partial charge in [0.15, 0.2) is 0 Å². The molecule has 128 valence electrons. The summed E-state index contributed by atoms with van der Waals surface area (Å²) in [5.74, 6) is 1.37. The average Bonchev–Trinajstić information content (AvgIpc) is 3.31. The predicted molar refractivity (Wildman–Crippen MR) is 94.8 cm³/mol. The molecule has 25 heavy (non-hydrogen) atoms. The van der Waals surface area contributed by atoms with Gasteiger partial charge in [-0.05, 0) is 48.0 Å². The van der Waals surface area contributed by atoms with Crippen LogP contribution >= 0.6 is 0 Å². The van der Waals surface area contributed by atoms with Crippen molar-refractivity contribution < 1.29 is 4.74 Å². The second-order valence-corrected chi connectivity index (χ2v) is 6.48. The number of nitrogens with one attached hydrogen (secondary N) is 1. The Balaban J connectivity index is 1.49. The van der Waals surface area contributed by atoms with Gasteiger partial charge in [-0.2, -0.15) is 0 Å². The van der Waals surface area contributed by atoms with E-state index in [0.717, 1.165) is 18.0 Å².